The molecule has 0 aromatic heterocycles. The molecule has 7 nitrogen and oxygen atoms in total. The first-order valence-corrected chi connectivity index (χ1v) is 6.51. The van der Waals surface area contributed by atoms with E-state index in [2.05, 4.69) is 29.4 Å². The minimum absolute atomic E-state index is 0.00444. The summed E-state index contributed by atoms with van der Waals surface area (Å²) in [5.41, 5.74) is 0. The van der Waals surface area contributed by atoms with Gasteiger partial charge in [0.2, 0.25) is 0 Å². The molecule has 7 heteroatoms. The Morgan fingerprint density at radius 1 is 1.26 bits per heavy atom. The highest BCUT2D eigenvalue weighted by molar-refractivity contribution is 5.74. The van der Waals surface area contributed by atoms with Gasteiger partial charge in [0.25, 0.3) is 0 Å². The smallest absolute Gasteiger partial charge is 0.332 e. The van der Waals surface area contributed by atoms with Gasteiger partial charge in [0.15, 0.2) is 6.10 Å². The summed E-state index contributed by atoms with van der Waals surface area (Å²) in [5.74, 6) is -1.28. The first kappa shape index (κ1) is 17.7. The molecule has 0 spiro atoms. The average Bonchev–Trinajstić information content (AvgIpc) is 2.37. The van der Waals surface area contributed by atoms with Crippen molar-refractivity contribution in [3.63, 3.8) is 0 Å². The van der Waals surface area contributed by atoms with Crippen molar-refractivity contribution in [2.45, 2.75) is 38.8 Å². The molecule has 0 aliphatic carbocycles. The van der Waals surface area contributed by atoms with Gasteiger partial charge in [0.1, 0.15) is 0 Å². The predicted molar refractivity (Wildman–Crippen MR) is 72.0 cm³/mol. The first-order valence-electron chi connectivity index (χ1n) is 6.51. The molecule has 0 aliphatic rings. The second kappa shape index (κ2) is 9.57. The highest BCUT2D eigenvalue weighted by Crippen LogP contribution is 1.97. The Kier molecular flexibility index (Phi) is 8.90. The van der Waals surface area contributed by atoms with E-state index in [1.807, 2.05) is 7.05 Å². The zero-order valence-electron chi connectivity index (χ0n) is 11.8. The zero-order valence-corrected chi connectivity index (χ0v) is 11.8. The van der Waals surface area contributed by atoms with Gasteiger partial charge in [-0.2, -0.15) is 0 Å². The third-order valence-corrected chi connectivity index (χ3v) is 3.08. The van der Waals surface area contributed by atoms with Gasteiger partial charge in [-0.15, -0.1) is 0 Å². The van der Waals surface area contributed by atoms with Crippen molar-refractivity contribution in [1.82, 2.24) is 15.5 Å². The van der Waals surface area contributed by atoms with E-state index >= 15 is 0 Å². The predicted octanol–water partition coefficient (Wildman–Crippen LogP) is -0.148. The van der Waals surface area contributed by atoms with Gasteiger partial charge in [0, 0.05) is 32.1 Å². The fourth-order valence-electron chi connectivity index (χ4n) is 1.39. The van der Waals surface area contributed by atoms with Crippen molar-refractivity contribution < 1.29 is 19.8 Å². The number of aliphatic hydroxyl groups is 1. The van der Waals surface area contributed by atoms with Gasteiger partial charge < -0.3 is 25.7 Å². The van der Waals surface area contributed by atoms with Crippen LogP contribution in [0.4, 0.5) is 4.79 Å². The van der Waals surface area contributed by atoms with Gasteiger partial charge in [-0.1, -0.05) is 6.92 Å². The Labute approximate surface area is 114 Å². The van der Waals surface area contributed by atoms with Crippen LogP contribution in [0.2, 0.25) is 0 Å². The number of nitrogens with zero attached hydrogens (tertiary/aromatic N) is 1. The van der Waals surface area contributed by atoms with E-state index in [-0.39, 0.29) is 19.0 Å². The molecule has 0 aromatic carbocycles. The molecule has 112 valence electrons. The quantitative estimate of drug-likeness (QED) is 0.469. The maximum absolute atomic E-state index is 11.3. The summed E-state index contributed by atoms with van der Waals surface area (Å²) in [4.78, 5) is 23.8. The lowest BCUT2D eigenvalue weighted by Crippen LogP contribution is -2.42. The van der Waals surface area contributed by atoms with Gasteiger partial charge >= 0.3 is 12.0 Å². The standard InChI is InChI=1S/C12H25N3O4/c1-4-9(2)15(3)8-7-14-12(19)13-6-5-10(16)11(17)18/h9-10,16H,4-8H2,1-3H3,(H,17,18)(H2,13,14,19)/t9?,10-/m0/s1. The van der Waals surface area contributed by atoms with Crippen LogP contribution in [-0.2, 0) is 4.79 Å². The van der Waals surface area contributed by atoms with Gasteiger partial charge in [-0.25, -0.2) is 9.59 Å². The van der Waals surface area contributed by atoms with Crippen LogP contribution in [-0.4, -0.2) is 65.9 Å². The highest BCUT2D eigenvalue weighted by Gasteiger charge is 2.12. The number of amides is 2. The molecule has 0 aliphatic heterocycles. The molecule has 2 atom stereocenters. The zero-order chi connectivity index (χ0) is 14.8. The Morgan fingerprint density at radius 2 is 1.84 bits per heavy atom. The molecule has 2 amide bonds. The summed E-state index contributed by atoms with van der Waals surface area (Å²) in [6, 6.07) is 0.116. The third kappa shape index (κ3) is 8.39. The van der Waals surface area contributed by atoms with Crippen LogP contribution in [0.15, 0.2) is 0 Å². The first-order chi connectivity index (χ1) is 8.88. The molecule has 0 saturated heterocycles. The summed E-state index contributed by atoms with van der Waals surface area (Å²) in [6.07, 6.45) is -0.387. The number of nitrogens with one attached hydrogen (secondary N) is 2. The third-order valence-electron chi connectivity index (χ3n) is 3.08. The lowest BCUT2D eigenvalue weighted by atomic mass is 10.2. The number of carbonyl (C=O) groups excluding carboxylic acids is 1. The lowest BCUT2D eigenvalue weighted by molar-refractivity contribution is -0.146. The summed E-state index contributed by atoms with van der Waals surface area (Å²) in [6.45, 7) is 5.62. The molecule has 19 heavy (non-hydrogen) atoms. The molecule has 0 fully saturated rings. The van der Waals surface area contributed by atoms with Crippen molar-refractivity contribution >= 4 is 12.0 Å². The molecular weight excluding hydrogens is 250 g/mol. The van der Waals surface area contributed by atoms with Crippen molar-refractivity contribution in [2.75, 3.05) is 26.7 Å². The number of aliphatic carboxylic acids is 1. The number of hydrogen-bond acceptors (Lipinski definition) is 4. The summed E-state index contributed by atoms with van der Waals surface area (Å²) in [7, 11) is 2.00. The van der Waals surface area contributed by atoms with Crippen LogP contribution in [0.3, 0.4) is 0 Å². The molecule has 4 N–H and O–H groups in total. The second-order valence-electron chi connectivity index (χ2n) is 4.56. The van der Waals surface area contributed by atoms with Crippen LogP contribution < -0.4 is 10.6 Å². The average molecular weight is 275 g/mol. The van der Waals surface area contributed by atoms with Crippen molar-refractivity contribution in [1.29, 1.82) is 0 Å². The van der Waals surface area contributed by atoms with Crippen LogP contribution in [0.5, 0.6) is 0 Å². The molecule has 0 aromatic rings. The SMILES string of the molecule is CCC(C)N(C)CCNC(=O)NCC[C@H](O)C(=O)O. The van der Waals surface area contributed by atoms with Gasteiger partial charge in [-0.3, -0.25) is 0 Å². The van der Waals surface area contributed by atoms with Gasteiger partial charge in [-0.05, 0) is 20.4 Å². The van der Waals surface area contributed by atoms with E-state index in [9.17, 15) is 9.59 Å². The van der Waals surface area contributed by atoms with E-state index in [0.29, 0.717) is 12.6 Å². The van der Waals surface area contributed by atoms with Gasteiger partial charge in [0.05, 0.1) is 0 Å². The molecular formula is C12H25N3O4. The minimum atomic E-state index is -1.43. The fraction of sp³-hybridized carbons (Fsp3) is 0.833. The van der Waals surface area contributed by atoms with Crippen molar-refractivity contribution in [3.8, 4) is 0 Å². The molecule has 0 radical (unpaired) electrons. The number of carbonyl (C=O) groups is 2. The number of urea groups is 1. The minimum Gasteiger partial charge on any atom is -0.479 e. The monoisotopic (exact) mass is 275 g/mol. The number of carboxylic acid groups (broad SMARTS) is 1. The maximum Gasteiger partial charge on any atom is 0.332 e. The Hall–Kier alpha value is -1.34. The summed E-state index contributed by atoms with van der Waals surface area (Å²) in [5, 5.41) is 22.6. The van der Waals surface area contributed by atoms with Crippen LogP contribution >= 0.6 is 0 Å². The van der Waals surface area contributed by atoms with E-state index in [0.717, 1.165) is 13.0 Å². The van der Waals surface area contributed by atoms with Crippen molar-refractivity contribution in [3.05, 3.63) is 0 Å². The molecule has 1 unspecified atom stereocenters. The van der Waals surface area contributed by atoms with Crippen LogP contribution in [0, 0.1) is 0 Å². The number of aliphatic hydroxyl groups excluding tert-OH is 1. The summed E-state index contributed by atoms with van der Waals surface area (Å²) < 4.78 is 0. The van der Waals surface area contributed by atoms with E-state index < -0.39 is 12.1 Å². The molecule has 0 saturated carbocycles. The normalized spacial score (nSPS) is 13.9. The van der Waals surface area contributed by atoms with E-state index in [1.165, 1.54) is 0 Å². The second-order valence-corrected chi connectivity index (χ2v) is 4.56. The topological polar surface area (TPSA) is 102 Å². The van der Waals surface area contributed by atoms with Crippen LogP contribution in [0.1, 0.15) is 26.7 Å². The van der Waals surface area contributed by atoms with E-state index in [1.54, 1.807) is 0 Å². The number of carboxylic acids is 1. The van der Waals surface area contributed by atoms with Crippen LogP contribution in [0.25, 0.3) is 0 Å². The number of rotatable bonds is 9. The lowest BCUT2D eigenvalue weighted by Gasteiger charge is -2.23. The molecule has 0 rings (SSSR count). The number of likely N-dealkylation sites (N-methyl/N-ethyl adjacent to an activating group) is 1. The Balaban J connectivity index is 3.63. The molecule has 0 heterocycles. The molecule has 0 bridgehead atoms. The summed E-state index contributed by atoms with van der Waals surface area (Å²) >= 11 is 0. The Morgan fingerprint density at radius 3 is 2.37 bits per heavy atom. The fourth-order valence-corrected chi connectivity index (χ4v) is 1.39. The maximum atomic E-state index is 11.3. The van der Waals surface area contributed by atoms with Crippen molar-refractivity contribution in [2.24, 2.45) is 0 Å². The Bertz CT molecular complexity index is 286. The largest absolute Gasteiger partial charge is 0.479 e. The number of hydrogen-bond donors (Lipinski definition) is 4. The highest BCUT2D eigenvalue weighted by atomic mass is 16.4. The van der Waals surface area contributed by atoms with E-state index in [4.69, 9.17) is 10.2 Å².